The van der Waals surface area contributed by atoms with Gasteiger partial charge < -0.3 is 20.1 Å². The smallest absolute Gasteiger partial charge is 0.333 e. The molecule has 0 fully saturated rings. The van der Waals surface area contributed by atoms with Crippen molar-refractivity contribution in [3.8, 4) is 11.5 Å². The standard InChI is InChI=1S/C13H16O6/c1-6-9(19-3)5-4-8(10(6)14)11(15)7(2)12(16)13(17)18/h4-5,7,12,14,16H,1-3H3,(H,17,18)/t7-,12-/m1/s1. The van der Waals surface area contributed by atoms with Crippen molar-refractivity contribution in [1.29, 1.82) is 0 Å². The van der Waals surface area contributed by atoms with Gasteiger partial charge in [-0.25, -0.2) is 4.79 Å². The first-order chi connectivity index (χ1) is 8.81. The number of ketones is 1. The Labute approximate surface area is 110 Å². The van der Waals surface area contributed by atoms with Crippen molar-refractivity contribution >= 4 is 11.8 Å². The molecule has 0 saturated carbocycles. The molecule has 0 heterocycles. The van der Waals surface area contributed by atoms with Gasteiger partial charge >= 0.3 is 5.97 Å². The number of carboxylic acids is 1. The first-order valence-electron chi connectivity index (χ1n) is 5.62. The van der Waals surface area contributed by atoms with Gasteiger partial charge in [-0.2, -0.15) is 0 Å². The minimum atomic E-state index is -1.81. The lowest BCUT2D eigenvalue weighted by molar-refractivity contribution is -0.148. The molecule has 6 heteroatoms. The predicted molar refractivity (Wildman–Crippen MR) is 66.5 cm³/mol. The van der Waals surface area contributed by atoms with Crippen molar-refractivity contribution in [2.75, 3.05) is 7.11 Å². The summed E-state index contributed by atoms with van der Waals surface area (Å²) in [4.78, 5) is 22.7. The topological polar surface area (TPSA) is 104 Å². The second-order valence-electron chi connectivity index (χ2n) is 4.22. The predicted octanol–water partition coefficient (Wildman–Crippen LogP) is 0.974. The lowest BCUT2D eigenvalue weighted by Gasteiger charge is -2.16. The Hall–Kier alpha value is -2.08. The van der Waals surface area contributed by atoms with Gasteiger partial charge in [-0.1, -0.05) is 6.92 Å². The van der Waals surface area contributed by atoms with Crippen LogP contribution in [0.1, 0.15) is 22.8 Å². The zero-order valence-electron chi connectivity index (χ0n) is 10.9. The van der Waals surface area contributed by atoms with Crippen molar-refractivity contribution in [3.05, 3.63) is 23.3 Å². The first kappa shape index (κ1) is 15.0. The number of aromatic hydroxyl groups is 1. The van der Waals surface area contributed by atoms with Crippen LogP contribution in [0.2, 0.25) is 0 Å². The number of aliphatic carboxylic acids is 1. The molecule has 3 N–H and O–H groups in total. The molecule has 0 aliphatic carbocycles. The van der Waals surface area contributed by atoms with Gasteiger partial charge in [0.1, 0.15) is 11.5 Å². The van der Waals surface area contributed by atoms with Crippen LogP contribution in [0.4, 0.5) is 0 Å². The van der Waals surface area contributed by atoms with Crippen LogP contribution in [0.15, 0.2) is 12.1 Å². The van der Waals surface area contributed by atoms with Gasteiger partial charge in [-0.15, -0.1) is 0 Å². The Morgan fingerprint density at radius 2 is 1.89 bits per heavy atom. The summed E-state index contributed by atoms with van der Waals surface area (Å²) >= 11 is 0. The second kappa shape index (κ2) is 5.71. The Bertz CT molecular complexity index is 508. The van der Waals surface area contributed by atoms with Gasteiger partial charge in [0.25, 0.3) is 0 Å². The number of aliphatic hydroxyl groups is 1. The molecule has 1 aromatic rings. The molecule has 0 radical (unpaired) electrons. The lowest BCUT2D eigenvalue weighted by atomic mass is 9.92. The van der Waals surface area contributed by atoms with E-state index in [1.54, 1.807) is 6.92 Å². The molecule has 0 spiro atoms. The quantitative estimate of drug-likeness (QED) is 0.687. The highest BCUT2D eigenvalue weighted by Crippen LogP contribution is 2.32. The fourth-order valence-electron chi connectivity index (χ4n) is 1.70. The number of carboxylic acid groups (broad SMARTS) is 1. The molecule has 0 aliphatic heterocycles. The number of hydrogen-bond donors (Lipinski definition) is 3. The summed E-state index contributed by atoms with van der Waals surface area (Å²) in [5.41, 5.74) is 0.344. The second-order valence-corrected chi connectivity index (χ2v) is 4.22. The summed E-state index contributed by atoms with van der Waals surface area (Å²) in [5.74, 6) is -3.13. The average molecular weight is 268 g/mol. The van der Waals surface area contributed by atoms with E-state index in [9.17, 15) is 19.8 Å². The Balaban J connectivity index is 3.14. The molecule has 0 aliphatic rings. The molecule has 0 unspecified atom stereocenters. The monoisotopic (exact) mass is 268 g/mol. The van der Waals surface area contributed by atoms with Crippen molar-refractivity contribution in [3.63, 3.8) is 0 Å². The molecule has 104 valence electrons. The number of carbonyl (C=O) groups is 2. The summed E-state index contributed by atoms with van der Waals surface area (Å²) in [6, 6.07) is 2.84. The summed E-state index contributed by atoms with van der Waals surface area (Å²) in [6.07, 6.45) is -1.81. The van der Waals surface area contributed by atoms with Crippen LogP contribution in [0.5, 0.6) is 11.5 Å². The SMILES string of the molecule is COc1ccc(C(=O)[C@@H](C)[C@@H](O)C(=O)O)c(O)c1C. The summed E-state index contributed by atoms with van der Waals surface area (Å²) in [6.45, 7) is 2.86. The number of phenolic OH excluding ortho intramolecular Hbond substituents is 1. The molecular formula is C13H16O6. The van der Waals surface area contributed by atoms with E-state index in [4.69, 9.17) is 9.84 Å². The number of ether oxygens (including phenoxy) is 1. The highest BCUT2D eigenvalue weighted by Gasteiger charge is 2.30. The number of hydrogen-bond acceptors (Lipinski definition) is 5. The van der Waals surface area contributed by atoms with E-state index < -0.39 is 23.8 Å². The fourth-order valence-corrected chi connectivity index (χ4v) is 1.70. The van der Waals surface area contributed by atoms with Gasteiger partial charge in [-0.3, -0.25) is 4.79 Å². The molecular weight excluding hydrogens is 252 g/mol. The molecule has 2 atom stereocenters. The number of phenols is 1. The summed E-state index contributed by atoms with van der Waals surface area (Å²) < 4.78 is 4.99. The normalized spacial score (nSPS) is 13.7. The van der Waals surface area contributed by atoms with E-state index in [0.717, 1.165) is 0 Å². The van der Waals surface area contributed by atoms with Gasteiger partial charge in [0.05, 0.1) is 18.6 Å². The number of Topliss-reactive ketones (excluding diaryl/α,β-unsaturated/α-hetero) is 1. The third-order valence-corrected chi connectivity index (χ3v) is 3.01. The number of aliphatic hydroxyl groups excluding tert-OH is 1. The van der Waals surface area contributed by atoms with Crippen molar-refractivity contribution < 1.29 is 29.6 Å². The third kappa shape index (κ3) is 2.85. The fraction of sp³-hybridized carbons (Fsp3) is 0.385. The molecule has 0 aromatic heterocycles. The van der Waals surface area contributed by atoms with Crippen molar-refractivity contribution in [2.45, 2.75) is 20.0 Å². The lowest BCUT2D eigenvalue weighted by Crippen LogP contribution is -2.32. The molecule has 19 heavy (non-hydrogen) atoms. The van der Waals surface area contributed by atoms with Gasteiger partial charge in [0.2, 0.25) is 0 Å². The van der Waals surface area contributed by atoms with Gasteiger partial charge in [0.15, 0.2) is 11.9 Å². The first-order valence-corrected chi connectivity index (χ1v) is 5.62. The molecule has 1 aromatic carbocycles. The molecule has 6 nitrogen and oxygen atoms in total. The van der Waals surface area contributed by atoms with E-state index in [2.05, 4.69) is 0 Å². The Morgan fingerprint density at radius 3 is 2.37 bits per heavy atom. The van der Waals surface area contributed by atoms with E-state index in [1.807, 2.05) is 0 Å². The van der Waals surface area contributed by atoms with Gasteiger partial charge in [0, 0.05) is 5.56 Å². The maximum absolute atomic E-state index is 12.0. The van der Waals surface area contributed by atoms with Crippen LogP contribution in [0.25, 0.3) is 0 Å². The molecule has 0 amide bonds. The Kier molecular flexibility index (Phi) is 4.50. The van der Waals surface area contributed by atoms with Crippen LogP contribution >= 0.6 is 0 Å². The van der Waals surface area contributed by atoms with Crippen LogP contribution < -0.4 is 4.74 Å². The molecule has 0 bridgehead atoms. The van der Waals surface area contributed by atoms with Crippen LogP contribution in [-0.2, 0) is 4.79 Å². The van der Waals surface area contributed by atoms with Crippen molar-refractivity contribution in [1.82, 2.24) is 0 Å². The summed E-state index contributed by atoms with van der Waals surface area (Å²) in [5, 5.41) is 27.9. The number of rotatable bonds is 5. The van der Waals surface area contributed by atoms with Crippen molar-refractivity contribution in [2.24, 2.45) is 5.92 Å². The minimum absolute atomic E-state index is 0.0360. The average Bonchev–Trinajstić information content (AvgIpc) is 2.39. The highest BCUT2D eigenvalue weighted by atomic mass is 16.5. The van der Waals surface area contributed by atoms with Crippen LogP contribution in [0.3, 0.4) is 0 Å². The third-order valence-electron chi connectivity index (χ3n) is 3.01. The van der Waals surface area contributed by atoms with Crippen LogP contribution in [0, 0.1) is 12.8 Å². The number of benzene rings is 1. The van der Waals surface area contributed by atoms with E-state index in [0.29, 0.717) is 11.3 Å². The largest absolute Gasteiger partial charge is 0.507 e. The number of carbonyl (C=O) groups excluding carboxylic acids is 1. The van der Waals surface area contributed by atoms with E-state index in [-0.39, 0.29) is 11.3 Å². The van der Waals surface area contributed by atoms with E-state index in [1.165, 1.54) is 26.2 Å². The zero-order valence-corrected chi connectivity index (χ0v) is 10.9. The van der Waals surface area contributed by atoms with Gasteiger partial charge in [-0.05, 0) is 19.1 Å². The Morgan fingerprint density at radius 1 is 1.32 bits per heavy atom. The highest BCUT2D eigenvalue weighted by molar-refractivity contribution is 6.02. The number of methoxy groups -OCH3 is 1. The minimum Gasteiger partial charge on any atom is -0.507 e. The van der Waals surface area contributed by atoms with Crippen LogP contribution in [-0.4, -0.2) is 40.3 Å². The summed E-state index contributed by atoms with van der Waals surface area (Å²) in [7, 11) is 1.43. The molecule has 0 saturated heterocycles. The maximum atomic E-state index is 12.0. The van der Waals surface area contributed by atoms with E-state index >= 15 is 0 Å². The maximum Gasteiger partial charge on any atom is 0.333 e. The molecule has 1 rings (SSSR count). The zero-order chi connectivity index (χ0) is 14.7.